The van der Waals surface area contributed by atoms with Crippen molar-refractivity contribution in [1.29, 1.82) is 0 Å². The molecule has 3 rings (SSSR count). The lowest BCUT2D eigenvalue weighted by molar-refractivity contribution is -0.137. The molecule has 1 aromatic carbocycles. The Labute approximate surface area is 173 Å². The fourth-order valence-corrected chi connectivity index (χ4v) is 4.33. The molecule has 0 spiro atoms. The minimum atomic E-state index is -4.52. The van der Waals surface area contributed by atoms with Crippen LogP contribution in [0, 0.1) is 5.92 Å². The summed E-state index contributed by atoms with van der Waals surface area (Å²) in [6.07, 6.45) is 0.319. The molecule has 1 heterocycles. The number of carbonyl (C=O) groups is 1. The molecular formula is C20H27F3N2O3S. The normalized spacial score (nSPS) is 23.5. The van der Waals surface area contributed by atoms with E-state index in [4.69, 9.17) is 9.47 Å². The summed E-state index contributed by atoms with van der Waals surface area (Å²) in [5, 5.41) is 6.55. The van der Waals surface area contributed by atoms with Crippen LogP contribution in [0.5, 0.6) is 5.75 Å². The van der Waals surface area contributed by atoms with Gasteiger partial charge in [-0.25, -0.2) is 0 Å². The van der Waals surface area contributed by atoms with Gasteiger partial charge in [0, 0.05) is 23.6 Å². The van der Waals surface area contributed by atoms with Crippen LogP contribution < -0.4 is 15.4 Å². The average molecular weight is 433 g/mol. The van der Waals surface area contributed by atoms with Crippen molar-refractivity contribution in [3.63, 3.8) is 0 Å². The molecule has 29 heavy (non-hydrogen) atoms. The van der Waals surface area contributed by atoms with Gasteiger partial charge in [0.1, 0.15) is 5.75 Å². The van der Waals surface area contributed by atoms with Gasteiger partial charge in [0.2, 0.25) is 0 Å². The van der Waals surface area contributed by atoms with Crippen molar-refractivity contribution in [2.24, 2.45) is 5.92 Å². The van der Waals surface area contributed by atoms with E-state index in [9.17, 15) is 18.0 Å². The third kappa shape index (κ3) is 5.38. The molecule has 5 nitrogen and oxygen atoms in total. The van der Waals surface area contributed by atoms with Crippen LogP contribution in [0.15, 0.2) is 17.0 Å². The predicted octanol–water partition coefficient (Wildman–Crippen LogP) is 3.71. The molecule has 1 aliphatic carbocycles. The molecule has 1 aromatic rings. The van der Waals surface area contributed by atoms with Gasteiger partial charge in [-0.2, -0.15) is 13.2 Å². The molecule has 9 heteroatoms. The van der Waals surface area contributed by atoms with Gasteiger partial charge in [-0.3, -0.25) is 4.79 Å². The van der Waals surface area contributed by atoms with Crippen molar-refractivity contribution in [1.82, 2.24) is 10.6 Å². The molecule has 0 radical (unpaired) electrons. The summed E-state index contributed by atoms with van der Waals surface area (Å²) in [5.74, 6) is 0.128. The van der Waals surface area contributed by atoms with Gasteiger partial charge in [-0.15, -0.1) is 11.8 Å². The zero-order chi connectivity index (χ0) is 21.2. The molecule has 1 saturated carbocycles. The number of hydrogen-bond donors (Lipinski definition) is 2. The van der Waals surface area contributed by atoms with Crippen molar-refractivity contribution in [3.05, 3.63) is 23.3 Å². The molecule has 162 valence electrons. The minimum Gasteiger partial charge on any atom is -0.496 e. The summed E-state index contributed by atoms with van der Waals surface area (Å²) in [5.41, 5.74) is -0.721. The highest BCUT2D eigenvalue weighted by Gasteiger charge is 2.36. The van der Waals surface area contributed by atoms with Crippen LogP contribution in [0.2, 0.25) is 0 Å². The van der Waals surface area contributed by atoms with Crippen LogP contribution in [0.3, 0.4) is 0 Å². The summed E-state index contributed by atoms with van der Waals surface area (Å²) < 4.78 is 50.2. The second kappa shape index (κ2) is 9.14. The highest BCUT2D eigenvalue weighted by molar-refractivity contribution is 7.98. The van der Waals surface area contributed by atoms with Crippen LogP contribution in [0.1, 0.15) is 42.1 Å². The zero-order valence-corrected chi connectivity index (χ0v) is 17.6. The number of benzene rings is 1. The monoisotopic (exact) mass is 432 g/mol. The largest absolute Gasteiger partial charge is 0.496 e. The molecular weight excluding hydrogens is 405 g/mol. The third-order valence-electron chi connectivity index (χ3n) is 5.54. The van der Waals surface area contributed by atoms with E-state index in [1.165, 1.54) is 20.0 Å². The lowest BCUT2D eigenvalue weighted by Crippen LogP contribution is -2.57. The molecule has 2 N–H and O–H groups in total. The number of hydrogen-bond acceptors (Lipinski definition) is 5. The topological polar surface area (TPSA) is 59.6 Å². The van der Waals surface area contributed by atoms with Crippen LogP contribution in [-0.2, 0) is 10.9 Å². The molecule has 2 unspecified atom stereocenters. The van der Waals surface area contributed by atoms with Crippen molar-refractivity contribution in [2.45, 2.75) is 55.4 Å². The first kappa shape index (κ1) is 22.2. The number of nitrogens with one attached hydrogen (secondary N) is 2. The smallest absolute Gasteiger partial charge is 0.416 e. The molecule has 3 atom stereocenters. The number of thioether (sulfide) groups is 1. The van der Waals surface area contributed by atoms with Crippen molar-refractivity contribution < 1.29 is 27.4 Å². The van der Waals surface area contributed by atoms with Gasteiger partial charge in [0.25, 0.3) is 5.91 Å². The van der Waals surface area contributed by atoms with Gasteiger partial charge in [0.05, 0.1) is 30.9 Å². The Hall–Kier alpha value is -1.45. The van der Waals surface area contributed by atoms with E-state index in [-0.39, 0.29) is 28.3 Å². The highest BCUT2D eigenvalue weighted by Crippen LogP contribution is 2.38. The number of rotatable bonds is 7. The van der Waals surface area contributed by atoms with E-state index >= 15 is 0 Å². The maximum atomic E-state index is 13.2. The zero-order valence-electron chi connectivity index (χ0n) is 16.8. The average Bonchev–Trinajstić information content (AvgIpc) is 3.52. The lowest BCUT2D eigenvalue weighted by atomic mass is 10.0. The van der Waals surface area contributed by atoms with Gasteiger partial charge in [-0.1, -0.05) is 0 Å². The summed E-state index contributed by atoms with van der Waals surface area (Å²) in [6, 6.07) is 2.02. The minimum absolute atomic E-state index is 0.0569. The number of ether oxygens (including phenoxy) is 2. The Balaban J connectivity index is 1.81. The fourth-order valence-electron chi connectivity index (χ4n) is 3.69. The third-order valence-corrected chi connectivity index (χ3v) is 6.30. The predicted molar refractivity (Wildman–Crippen MR) is 106 cm³/mol. The summed E-state index contributed by atoms with van der Waals surface area (Å²) in [4.78, 5) is 13.3. The van der Waals surface area contributed by atoms with E-state index in [2.05, 4.69) is 17.6 Å². The standard InChI is InChI=1S/C20H27F3N2O3S/c1-11(12-4-5-12)24-14-6-7-28-10-15(14)25-19(26)18-16(27-2)8-13(20(21,22)23)9-17(18)29-3/h8-9,11-12,14-15,24H,4-7,10H2,1-3H3,(H,25,26)/t11?,14?,15-/m1/s1. The first-order valence-corrected chi connectivity index (χ1v) is 10.9. The Morgan fingerprint density at radius 1 is 1.28 bits per heavy atom. The van der Waals surface area contributed by atoms with E-state index in [1.807, 2.05) is 0 Å². The second-order valence-corrected chi connectivity index (χ2v) is 8.44. The van der Waals surface area contributed by atoms with Crippen molar-refractivity contribution >= 4 is 17.7 Å². The number of carbonyl (C=O) groups excluding carboxylic acids is 1. The fraction of sp³-hybridized carbons (Fsp3) is 0.650. The molecule has 1 saturated heterocycles. The Morgan fingerprint density at radius 2 is 2.00 bits per heavy atom. The molecule has 1 aliphatic heterocycles. The highest BCUT2D eigenvalue weighted by atomic mass is 32.2. The number of halogens is 3. The summed E-state index contributed by atoms with van der Waals surface area (Å²) in [7, 11) is 1.27. The van der Waals surface area contributed by atoms with Gasteiger partial charge in [-0.05, 0) is 50.5 Å². The van der Waals surface area contributed by atoms with Gasteiger partial charge < -0.3 is 20.1 Å². The quantitative estimate of drug-likeness (QED) is 0.644. The van der Waals surface area contributed by atoms with Crippen molar-refractivity contribution in [3.8, 4) is 5.75 Å². The first-order valence-electron chi connectivity index (χ1n) is 9.72. The van der Waals surface area contributed by atoms with Crippen LogP contribution in [0.4, 0.5) is 13.2 Å². The van der Waals surface area contributed by atoms with Crippen LogP contribution in [0.25, 0.3) is 0 Å². The second-order valence-electron chi connectivity index (χ2n) is 7.60. The van der Waals surface area contributed by atoms with E-state index in [0.717, 1.165) is 30.3 Å². The number of alkyl halides is 3. The van der Waals surface area contributed by atoms with Gasteiger partial charge >= 0.3 is 6.18 Å². The summed E-state index contributed by atoms with van der Waals surface area (Å²) in [6.45, 7) is 3.12. The van der Waals surface area contributed by atoms with Crippen molar-refractivity contribution in [2.75, 3.05) is 26.6 Å². The summed E-state index contributed by atoms with van der Waals surface area (Å²) >= 11 is 1.08. The van der Waals surface area contributed by atoms with E-state index in [0.29, 0.717) is 25.2 Å². The SMILES string of the molecule is COc1cc(C(F)(F)F)cc(SC)c1C(=O)N[C@@H]1COCCC1NC(C)C1CC1. The molecule has 2 fully saturated rings. The lowest BCUT2D eigenvalue weighted by Gasteiger charge is -2.35. The van der Waals surface area contributed by atoms with Gasteiger partial charge in [0.15, 0.2) is 0 Å². The number of amides is 1. The Morgan fingerprint density at radius 3 is 2.59 bits per heavy atom. The first-order chi connectivity index (χ1) is 13.7. The maximum Gasteiger partial charge on any atom is 0.416 e. The van der Waals surface area contributed by atoms with Crippen LogP contribution >= 0.6 is 11.8 Å². The molecule has 0 aromatic heterocycles. The van der Waals surface area contributed by atoms with E-state index < -0.39 is 17.6 Å². The number of methoxy groups -OCH3 is 1. The maximum absolute atomic E-state index is 13.2. The molecule has 1 amide bonds. The molecule has 0 bridgehead atoms. The van der Waals surface area contributed by atoms with E-state index in [1.54, 1.807) is 6.26 Å². The molecule has 2 aliphatic rings. The Kier molecular flexibility index (Phi) is 7.01. The Bertz CT molecular complexity index is 715. The van der Waals surface area contributed by atoms with Crippen LogP contribution in [-0.4, -0.2) is 50.6 Å².